The maximum absolute atomic E-state index is 13.1. The SMILES string of the molecule is CCCCCC1CCC(c2cc[c]c(F)c2)CC1. The van der Waals surface area contributed by atoms with Crippen molar-refractivity contribution in [2.45, 2.75) is 64.2 Å². The van der Waals surface area contributed by atoms with Crippen molar-refractivity contribution in [3.8, 4) is 0 Å². The van der Waals surface area contributed by atoms with Gasteiger partial charge in [-0.05, 0) is 49.1 Å². The van der Waals surface area contributed by atoms with Crippen LogP contribution in [0.25, 0.3) is 0 Å². The average Bonchev–Trinajstić information content (AvgIpc) is 2.40. The van der Waals surface area contributed by atoms with Crippen molar-refractivity contribution in [1.82, 2.24) is 0 Å². The van der Waals surface area contributed by atoms with Gasteiger partial charge in [0.1, 0.15) is 5.82 Å². The standard InChI is InChI=1S/C17H24F/c1-2-3-4-6-14-9-11-15(12-10-14)16-7-5-8-17(18)13-16/h5,7,13-15H,2-4,6,9-12H2,1H3. The summed E-state index contributed by atoms with van der Waals surface area (Å²) in [6, 6.07) is 8.01. The first-order chi connectivity index (χ1) is 8.79. The monoisotopic (exact) mass is 247 g/mol. The maximum atomic E-state index is 13.1. The minimum atomic E-state index is -0.211. The molecule has 0 bridgehead atoms. The molecule has 1 aromatic rings. The predicted molar refractivity (Wildman–Crippen MR) is 74.1 cm³/mol. The largest absolute Gasteiger partial charge is 0.206 e. The molecule has 0 amide bonds. The topological polar surface area (TPSA) is 0 Å². The highest BCUT2D eigenvalue weighted by molar-refractivity contribution is 5.20. The first-order valence-electron chi connectivity index (χ1n) is 7.46. The molecule has 1 aromatic carbocycles. The molecule has 0 spiro atoms. The number of benzene rings is 1. The van der Waals surface area contributed by atoms with Gasteiger partial charge in [-0.3, -0.25) is 0 Å². The van der Waals surface area contributed by atoms with Gasteiger partial charge in [-0.15, -0.1) is 0 Å². The van der Waals surface area contributed by atoms with E-state index in [9.17, 15) is 4.39 Å². The van der Waals surface area contributed by atoms with Crippen molar-refractivity contribution < 1.29 is 4.39 Å². The average molecular weight is 247 g/mol. The zero-order valence-corrected chi connectivity index (χ0v) is 11.4. The summed E-state index contributed by atoms with van der Waals surface area (Å²) in [7, 11) is 0. The molecule has 0 aliphatic heterocycles. The molecule has 1 heteroatoms. The van der Waals surface area contributed by atoms with E-state index in [1.165, 1.54) is 56.9 Å². The third-order valence-corrected chi connectivity index (χ3v) is 4.32. The Morgan fingerprint density at radius 1 is 1.22 bits per heavy atom. The van der Waals surface area contributed by atoms with Crippen LogP contribution in [0.3, 0.4) is 0 Å². The van der Waals surface area contributed by atoms with Gasteiger partial charge in [-0.2, -0.15) is 0 Å². The summed E-state index contributed by atoms with van der Waals surface area (Å²) >= 11 is 0. The number of hydrogen-bond donors (Lipinski definition) is 0. The van der Waals surface area contributed by atoms with E-state index in [-0.39, 0.29) is 5.82 Å². The van der Waals surface area contributed by atoms with Crippen LogP contribution in [0.1, 0.15) is 69.8 Å². The van der Waals surface area contributed by atoms with Crippen molar-refractivity contribution in [2.24, 2.45) is 5.92 Å². The fraction of sp³-hybridized carbons (Fsp3) is 0.647. The lowest BCUT2D eigenvalue weighted by atomic mass is 9.77. The molecule has 18 heavy (non-hydrogen) atoms. The van der Waals surface area contributed by atoms with Crippen molar-refractivity contribution in [3.05, 3.63) is 35.6 Å². The third kappa shape index (κ3) is 3.83. The lowest BCUT2D eigenvalue weighted by Crippen LogP contribution is -2.13. The Morgan fingerprint density at radius 2 is 2.00 bits per heavy atom. The molecule has 0 unspecified atom stereocenters. The van der Waals surface area contributed by atoms with Crippen LogP contribution < -0.4 is 0 Å². The quantitative estimate of drug-likeness (QED) is 0.604. The van der Waals surface area contributed by atoms with Crippen LogP contribution >= 0.6 is 0 Å². The van der Waals surface area contributed by atoms with Gasteiger partial charge < -0.3 is 0 Å². The normalized spacial score (nSPS) is 24.1. The summed E-state index contributed by atoms with van der Waals surface area (Å²) < 4.78 is 13.1. The molecule has 0 heterocycles. The van der Waals surface area contributed by atoms with Crippen LogP contribution in [0.4, 0.5) is 4.39 Å². The fourth-order valence-electron chi connectivity index (χ4n) is 3.18. The highest BCUT2D eigenvalue weighted by Gasteiger charge is 2.22. The van der Waals surface area contributed by atoms with Gasteiger partial charge in [0.25, 0.3) is 0 Å². The van der Waals surface area contributed by atoms with Crippen molar-refractivity contribution >= 4 is 0 Å². The third-order valence-electron chi connectivity index (χ3n) is 4.32. The molecule has 0 saturated heterocycles. The minimum absolute atomic E-state index is 0.211. The molecule has 1 aliphatic rings. The highest BCUT2D eigenvalue weighted by Crippen LogP contribution is 2.37. The van der Waals surface area contributed by atoms with Crippen LogP contribution in [-0.4, -0.2) is 0 Å². The van der Waals surface area contributed by atoms with Crippen molar-refractivity contribution in [1.29, 1.82) is 0 Å². The zero-order valence-electron chi connectivity index (χ0n) is 11.4. The minimum Gasteiger partial charge on any atom is -0.206 e. The fourth-order valence-corrected chi connectivity index (χ4v) is 3.18. The molecule has 99 valence electrons. The van der Waals surface area contributed by atoms with Gasteiger partial charge in [0, 0.05) is 6.07 Å². The number of rotatable bonds is 5. The summed E-state index contributed by atoms with van der Waals surface area (Å²) in [5.41, 5.74) is 1.18. The molecule has 1 radical (unpaired) electrons. The van der Waals surface area contributed by atoms with Gasteiger partial charge in [-0.1, -0.05) is 44.7 Å². The van der Waals surface area contributed by atoms with Gasteiger partial charge in [0.2, 0.25) is 0 Å². The van der Waals surface area contributed by atoms with Gasteiger partial charge in [0.05, 0.1) is 0 Å². The summed E-state index contributed by atoms with van der Waals surface area (Å²) in [5.74, 6) is 1.29. The van der Waals surface area contributed by atoms with Gasteiger partial charge in [0.15, 0.2) is 0 Å². The lowest BCUT2D eigenvalue weighted by molar-refractivity contribution is 0.302. The lowest BCUT2D eigenvalue weighted by Gasteiger charge is -2.28. The summed E-state index contributed by atoms with van der Waals surface area (Å²) in [6.45, 7) is 2.26. The molecule has 1 saturated carbocycles. The van der Waals surface area contributed by atoms with Crippen LogP contribution in [0.2, 0.25) is 0 Å². The highest BCUT2D eigenvalue weighted by atomic mass is 19.1. The van der Waals surface area contributed by atoms with E-state index in [1.807, 2.05) is 6.07 Å². The van der Waals surface area contributed by atoms with Crippen LogP contribution in [0, 0.1) is 17.8 Å². The molecule has 1 aliphatic carbocycles. The number of hydrogen-bond acceptors (Lipinski definition) is 0. The van der Waals surface area contributed by atoms with E-state index in [1.54, 1.807) is 12.1 Å². The molecule has 1 fully saturated rings. The van der Waals surface area contributed by atoms with E-state index in [0.717, 1.165) is 5.92 Å². The molecule has 0 atom stereocenters. The second-order valence-electron chi connectivity index (χ2n) is 5.68. The van der Waals surface area contributed by atoms with E-state index < -0.39 is 0 Å². The van der Waals surface area contributed by atoms with Crippen molar-refractivity contribution in [3.63, 3.8) is 0 Å². The molecule has 2 rings (SSSR count). The molecule has 0 N–H and O–H groups in total. The van der Waals surface area contributed by atoms with Gasteiger partial charge in [-0.25, -0.2) is 4.39 Å². The number of halogens is 1. The van der Waals surface area contributed by atoms with Crippen molar-refractivity contribution in [2.75, 3.05) is 0 Å². The Hall–Kier alpha value is -0.850. The molecule has 0 nitrogen and oxygen atoms in total. The second-order valence-corrected chi connectivity index (χ2v) is 5.68. The molecular formula is C17H24F. The maximum Gasteiger partial charge on any atom is 0.131 e. The predicted octanol–water partition coefficient (Wildman–Crippen LogP) is 5.48. The van der Waals surface area contributed by atoms with Crippen LogP contribution in [-0.2, 0) is 0 Å². The van der Waals surface area contributed by atoms with E-state index in [0.29, 0.717) is 5.92 Å². The Labute approximate surface area is 111 Å². The Balaban J connectivity index is 1.79. The number of unbranched alkanes of at least 4 members (excludes halogenated alkanes) is 2. The first-order valence-corrected chi connectivity index (χ1v) is 7.46. The Kier molecular flexibility index (Phi) is 5.22. The van der Waals surface area contributed by atoms with Crippen LogP contribution in [0.15, 0.2) is 18.2 Å². The van der Waals surface area contributed by atoms with Gasteiger partial charge >= 0.3 is 0 Å². The summed E-state index contributed by atoms with van der Waals surface area (Å²) in [4.78, 5) is 0. The molecular weight excluding hydrogens is 223 g/mol. The van der Waals surface area contributed by atoms with E-state index >= 15 is 0 Å². The second kappa shape index (κ2) is 6.92. The summed E-state index contributed by atoms with van der Waals surface area (Å²) in [5, 5.41) is 0. The smallest absolute Gasteiger partial charge is 0.131 e. The van der Waals surface area contributed by atoms with E-state index in [2.05, 4.69) is 13.0 Å². The summed E-state index contributed by atoms with van der Waals surface area (Å²) in [6.07, 6.45) is 10.6. The van der Waals surface area contributed by atoms with E-state index in [4.69, 9.17) is 0 Å². The van der Waals surface area contributed by atoms with Crippen LogP contribution in [0.5, 0.6) is 0 Å². The Morgan fingerprint density at radius 3 is 2.67 bits per heavy atom. The Bertz CT molecular complexity index is 350. The zero-order chi connectivity index (χ0) is 12.8. The first kappa shape index (κ1) is 13.6. The molecule has 0 aromatic heterocycles.